The van der Waals surface area contributed by atoms with E-state index in [0.717, 1.165) is 24.8 Å². The lowest BCUT2D eigenvalue weighted by Crippen LogP contribution is -2.02. The van der Waals surface area contributed by atoms with Gasteiger partial charge in [0.05, 0.1) is 0 Å². The van der Waals surface area contributed by atoms with Crippen molar-refractivity contribution in [2.45, 2.75) is 31.8 Å². The molecule has 17 heavy (non-hydrogen) atoms. The van der Waals surface area contributed by atoms with Crippen molar-refractivity contribution >= 4 is 15.5 Å². The number of alkyl halides is 2. The lowest BCUT2D eigenvalue weighted by molar-refractivity contribution is 0.104. The van der Waals surface area contributed by atoms with Gasteiger partial charge in [0.2, 0.25) is 0 Å². The fourth-order valence-corrected chi connectivity index (χ4v) is 1.82. The van der Waals surface area contributed by atoms with E-state index in [1.54, 1.807) is 21.4 Å². The Morgan fingerprint density at radius 2 is 1.94 bits per heavy atom. The molecular weight excluding hydrogens is 239 g/mol. The maximum absolute atomic E-state index is 12.9. The molecule has 0 amide bonds. The number of hydrogen-bond donors (Lipinski definition) is 1. The smallest absolute Gasteiger partial charge is 0.283 e. The summed E-state index contributed by atoms with van der Waals surface area (Å²) in [6, 6.07) is 6.46. The molecule has 1 aromatic carbocycles. The average molecular weight is 257 g/mol. The van der Waals surface area contributed by atoms with Gasteiger partial charge in [-0.05, 0) is 37.0 Å². The summed E-state index contributed by atoms with van der Waals surface area (Å²) >= 11 is 0. The van der Waals surface area contributed by atoms with Crippen LogP contribution in [0.1, 0.15) is 30.9 Å². The Labute approximate surface area is 103 Å². The number of rotatable bonds is 6. The Morgan fingerprint density at radius 3 is 2.41 bits per heavy atom. The van der Waals surface area contributed by atoms with Gasteiger partial charge in [-0.2, -0.15) is 8.78 Å². The Hall–Kier alpha value is -0.820. The van der Waals surface area contributed by atoms with E-state index in [9.17, 15) is 8.78 Å². The van der Waals surface area contributed by atoms with Crippen LogP contribution in [0.15, 0.2) is 24.3 Å². The van der Waals surface area contributed by atoms with Gasteiger partial charge in [0.15, 0.2) is 0 Å². The molecule has 0 aromatic heterocycles. The summed E-state index contributed by atoms with van der Waals surface area (Å²) in [5.41, 5.74) is -1.75. The molecule has 0 aliphatic rings. The SMILES string of the molecule is CC(CC=N)CCc1ccc(C(F)(F)P)cc1. The molecule has 1 nitrogen and oxygen atoms in total. The van der Waals surface area contributed by atoms with Crippen LogP contribution in [0.25, 0.3) is 0 Å². The average Bonchev–Trinajstić information content (AvgIpc) is 2.26. The van der Waals surface area contributed by atoms with E-state index >= 15 is 0 Å². The van der Waals surface area contributed by atoms with Crippen LogP contribution in [0.3, 0.4) is 0 Å². The fourth-order valence-electron chi connectivity index (χ4n) is 1.63. The number of halogens is 2. The van der Waals surface area contributed by atoms with Crippen molar-refractivity contribution in [3.63, 3.8) is 0 Å². The van der Waals surface area contributed by atoms with Crippen LogP contribution >= 0.6 is 9.24 Å². The van der Waals surface area contributed by atoms with E-state index in [1.165, 1.54) is 18.3 Å². The third kappa shape index (κ3) is 4.91. The van der Waals surface area contributed by atoms with Crippen LogP contribution in [-0.4, -0.2) is 6.21 Å². The van der Waals surface area contributed by atoms with Crippen LogP contribution in [0.5, 0.6) is 0 Å². The maximum atomic E-state index is 12.9. The van der Waals surface area contributed by atoms with Crippen molar-refractivity contribution in [3.8, 4) is 0 Å². The minimum atomic E-state index is -2.84. The molecule has 0 aliphatic carbocycles. The summed E-state index contributed by atoms with van der Waals surface area (Å²) in [6.45, 7) is 2.09. The summed E-state index contributed by atoms with van der Waals surface area (Å²) in [4.78, 5) is 0. The van der Waals surface area contributed by atoms with Crippen molar-refractivity contribution in [3.05, 3.63) is 35.4 Å². The predicted octanol–water partition coefficient (Wildman–Crippen LogP) is 4.22. The van der Waals surface area contributed by atoms with Crippen molar-refractivity contribution in [2.75, 3.05) is 0 Å². The summed E-state index contributed by atoms with van der Waals surface area (Å²) in [5.74, 6) is 0.468. The van der Waals surface area contributed by atoms with Gasteiger partial charge < -0.3 is 5.41 Å². The highest BCUT2D eigenvalue weighted by Crippen LogP contribution is 2.34. The highest BCUT2D eigenvalue weighted by atomic mass is 31.0. The molecule has 0 radical (unpaired) electrons. The third-order valence-corrected chi connectivity index (χ3v) is 3.12. The van der Waals surface area contributed by atoms with Crippen LogP contribution in [-0.2, 0) is 12.1 Å². The molecule has 2 atom stereocenters. The van der Waals surface area contributed by atoms with Crippen molar-refractivity contribution < 1.29 is 8.78 Å². The monoisotopic (exact) mass is 257 g/mol. The molecule has 0 fully saturated rings. The highest BCUT2D eigenvalue weighted by Gasteiger charge is 2.23. The zero-order valence-electron chi connectivity index (χ0n) is 9.92. The molecule has 0 heterocycles. The Bertz CT molecular complexity index is 357. The first kappa shape index (κ1) is 14.2. The van der Waals surface area contributed by atoms with Gasteiger partial charge in [0.25, 0.3) is 5.66 Å². The Kier molecular flexibility index (Phi) is 5.20. The Morgan fingerprint density at radius 1 is 1.35 bits per heavy atom. The summed E-state index contributed by atoms with van der Waals surface area (Å²) < 4.78 is 25.9. The van der Waals surface area contributed by atoms with Crippen LogP contribution < -0.4 is 0 Å². The second kappa shape index (κ2) is 6.20. The van der Waals surface area contributed by atoms with E-state index in [1.807, 2.05) is 0 Å². The largest absolute Gasteiger partial charge is 0.313 e. The second-order valence-corrected chi connectivity index (χ2v) is 5.13. The zero-order valence-corrected chi connectivity index (χ0v) is 11.1. The third-order valence-electron chi connectivity index (χ3n) is 2.78. The topological polar surface area (TPSA) is 23.9 Å². The number of nitrogens with one attached hydrogen (secondary N) is 1. The molecule has 1 N–H and O–H groups in total. The van der Waals surface area contributed by atoms with Gasteiger partial charge in [0.1, 0.15) is 0 Å². The van der Waals surface area contributed by atoms with E-state index < -0.39 is 5.66 Å². The van der Waals surface area contributed by atoms with E-state index in [2.05, 4.69) is 6.92 Å². The van der Waals surface area contributed by atoms with E-state index in [0.29, 0.717) is 5.92 Å². The minimum absolute atomic E-state index is 0.0267. The standard InChI is InChI=1S/C13H18F2NP/c1-10(8-9-16)2-3-11-4-6-12(7-5-11)13(14,15)17/h4-7,9-10,16H,2-3,8,17H2,1H3. The molecule has 1 rings (SSSR count). The normalized spacial score (nSPS) is 13.4. The van der Waals surface area contributed by atoms with Crippen molar-refractivity contribution in [2.24, 2.45) is 5.92 Å². The van der Waals surface area contributed by atoms with Crippen LogP contribution in [0.2, 0.25) is 0 Å². The molecule has 0 spiro atoms. The first-order valence-electron chi connectivity index (χ1n) is 5.68. The molecule has 2 unspecified atom stereocenters. The molecule has 0 aliphatic heterocycles. The predicted molar refractivity (Wildman–Crippen MR) is 70.9 cm³/mol. The number of hydrogen-bond acceptors (Lipinski definition) is 1. The summed E-state index contributed by atoms with van der Waals surface area (Å²) in [5, 5.41) is 7.00. The van der Waals surface area contributed by atoms with Crippen molar-refractivity contribution in [1.82, 2.24) is 0 Å². The molecule has 0 saturated heterocycles. The quantitative estimate of drug-likeness (QED) is 0.583. The molecular formula is C13H18F2NP. The van der Waals surface area contributed by atoms with Gasteiger partial charge in [-0.25, -0.2) is 0 Å². The molecule has 4 heteroatoms. The molecule has 0 bridgehead atoms. The minimum Gasteiger partial charge on any atom is -0.313 e. The molecule has 94 valence electrons. The molecule has 1 aromatic rings. The Balaban J connectivity index is 2.54. The lowest BCUT2D eigenvalue weighted by atomic mass is 9.98. The summed E-state index contributed by atoms with van der Waals surface area (Å²) in [6.07, 6.45) is 4.05. The van der Waals surface area contributed by atoms with Crippen LogP contribution in [0.4, 0.5) is 8.78 Å². The fraction of sp³-hybridized carbons (Fsp3) is 0.462. The summed E-state index contributed by atoms with van der Waals surface area (Å²) in [7, 11) is 1.54. The van der Waals surface area contributed by atoms with Gasteiger partial charge in [-0.15, -0.1) is 0 Å². The number of benzene rings is 1. The first-order valence-corrected chi connectivity index (χ1v) is 6.26. The molecule has 0 saturated carbocycles. The first-order chi connectivity index (χ1) is 7.93. The van der Waals surface area contributed by atoms with Gasteiger partial charge in [0, 0.05) is 5.56 Å². The second-order valence-electron chi connectivity index (χ2n) is 4.40. The maximum Gasteiger partial charge on any atom is 0.283 e. The van der Waals surface area contributed by atoms with E-state index in [-0.39, 0.29) is 5.56 Å². The van der Waals surface area contributed by atoms with Crippen LogP contribution in [0, 0.1) is 11.3 Å². The van der Waals surface area contributed by atoms with Gasteiger partial charge >= 0.3 is 0 Å². The van der Waals surface area contributed by atoms with Crippen molar-refractivity contribution in [1.29, 1.82) is 5.41 Å². The van der Waals surface area contributed by atoms with Gasteiger partial charge in [-0.3, -0.25) is 0 Å². The lowest BCUT2D eigenvalue weighted by Gasteiger charge is -2.12. The number of aryl methyl sites for hydroxylation is 1. The highest BCUT2D eigenvalue weighted by molar-refractivity contribution is 7.17. The van der Waals surface area contributed by atoms with E-state index in [4.69, 9.17) is 5.41 Å². The zero-order chi connectivity index (χ0) is 12.9. The van der Waals surface area contributed by atoms with Gasteiger partial charge in [-0.1, -0.05) is 40.4 Å².